The van der Waals surface area contributed by atoms with Gasteiger partial charge in [0, 0.05) is 125 Å². The summed E-state index contributed by atoms with van der Waals surface area (Å²) in [5.41, 5.74) is 20.3. The van der Waals surface area contributed by atoms with Crippen LogP contribution in [0.4, 0.5) is 0 Å². The summed E-state index contributed by atoms with van der Waals surface area (Å²) in [6.07, 6.45) is 4.18. The largest absolute Gasteiger partial charge is 0.508 e. The number of nitrogens with zero attached hydrogens (tertiary/aromatic N) is 7. The molecule has 21 N–H and O–H groups in total. The highest BCUT2D eigenvalue weighted by molar-refractivity contribution is 8.00. The summed E-state index contributed by atoms with van der Waals surface area (Å²) in [7, 11) is 5.73. The molecule has 6 heterocycles. The van der Waals surface area contributed by atoms with E-state index in [0.29, 0.717) is 64.4 Å². The normalized spacial score (nSPS) is 24.9. The SMILES string of the molecule is CCCC[C@H]1C(=O)N(C)[C@@H](CCCC)C(=O)N[C@@H](CCCN)C(=O)N[C@H](C(=O)NCC(N)=O)CSCC(=O)N[C@@H](Cc2ccc(O)cc2)C(=O)N(C)[C@@H](C)C(=O)N[C@@H](CC(N)=O)C(=O)N2CCC[C@H]2C(=O)N[C@@H](Cc2cnc[nH]2)C(=O)N[C@@H](CC(C)C)C(=O)N2C[C@H](O)C[C@H]2C(=O)N[C@@H](Cc2c[nH]c3ccccc23)C(=O)N[C@@H](CO)C(=O)N[C@@H](Cc2cn(C)c3ccccc23)C(=O)N1C. The Hall–Kier alpha value is -13.0. The first-order chi connectivity index (χ1) is 63.8. The topological polar surface area (TPSA) is 615 Å². The van der Waals surface area contributed by atoms with Gasteiger partial charge in [-0.25, -0.2) is 4.98 Å². The molecule has 3 aliphatic heterocycles. The number of imidazole rings is 1. The minimum Gasteiger partial charge on any atom is -0.508 e. The molecule has 728 valence electrons. The number of para-hydroxylation sites is 2. The molecule has 134 heavy (non-hydrogen) atoms. The fourth-order valence-corrected chi connectivity index (χ4v) is 17.7. The summed E-state index contributed by atoms with van der Waals surface area (Å²) in [6.45, 7) is 6.11. The third-order valence-electron chi connectivity index (χ3n) is 24.3. The molecule has 3 saturated heterocycles. The molecular formula is C91H128N22O20S. The second kappa shape index (κ2) is 49.6. The Morgan fingerprint density at radius 3 is 1.79 bits per heavy atom. The van der Waals surface area contributed by atoms with E-state index in [9.17, 15) is 58.5 Å². The molecule has 0 unspecified atom stereocenters. The van der Waals surface area contributed by atoms with Crippen LogP contribution in [0, 0.1) is 5.92 Å². The van der Waals surface area contributed by atoms with E-state index in [0.717, 1.165) is 36.9 Å². The van der Waals surface area contributed by atoms with Gasteiger partial charge in [0.2, 0.25) is 100 Å². The van der Waals surface area contributed by atoms with E-state index in [1.54, 1.807) is 63.6 Å². The van der Waals surface area contributed by atoms with Gasteiger partial charge in [-0.1, -0.05) is 102 Å². The third-order valence-corrected chi connectivity index (χ3v) is 25.4. The van der Waals surface area contributed by atoms with Crippen molar-refractivity contribution in [1.82, 2.24) is 97.2 Å². The van der Waals surface area contributed by atoms with Crippen LogP contribution in [0.1, 0.15) is 140 Å². The number of aromatic nitrogens is 4. The molecule has 17 amide bonds. The molecule has 42 nitrogen and oxygen atoms in total. The number of nitrogens with one attached hydrogen (secondary N) is 12. The second-order valence-corrected chi connectivity index (χ2v) is 35.9. The number of unbranched alkanes of at least 4 members (excludes halogenated alkanes) is 2. The van der Waals surface area contributed by atoms with Crippen LogP contribution in [0.2, 0.25) is 0 Å². The number of fused-ring (bicyclic) bond motifs is 4. The van der Waals surface area contributed by atoms with Crippen LogP contribution in [0.15, 0.2) is 97.7 Å². The Bertz CT molecular complexity index is 5160. The van der Waals surface area contributed by atoms with Crippen molar-refractivity contribution in [2.24, 2.45) is 30.2 Å². The summed E-state index contributed by atoms with van der Waals surface area (Å²) < 4.78 is 1.81. The molecule has 3 aromatic heterocycles. The van der Waals surface area contributed by atoms with E-state index in [2.05, 4.69) is 68.1 Å². The number of nitrogens with two attached hydrogens (primary N) is 3. The van der Waals surface area contributed by atoms with Gasteiger partial charge < -0.3 is 125 Å². The smallest absolute Gasteiger partial charge is 0.246 e. The molecule has 6 aromatic rings. The Kier molecular flexibility index (Phi) is 38.8. The van der Waals surface area contributed by atoms with Crippen LogP contribution in [0.25, 0.3) is 21.8 Å². The Labute approximate surface area is 780 Å². The fourth-order valence-electron chi connectivity index (χ4n) is 16.9. The lowest BCUT2D eigenvalue weighted by Crippen LogP contribution is -2.62. The number of carbonyl (C=O) groups is 17. The average Bonchev–Trinajstić information content (AvgIpc) is 1.62. The average molecular weight is 1880 g/mol. The van der Waals surface area contributed by atoms with Crippen LogP contribution in [-0.4, -0.2) is 316 Å². The van der Waals surface area contributed by atoms with Gasteiger partial charge in [-0.05, 0) is 105 Å². The minimum atomic E-state index is -1.88. The second-order valence-electron chi connectivity index (χ2n) is 34.8. The first-order valence-corrected chi connectivity index (χ1v) is 46.4. The molecule has 9 rings (SSSR count). The molecule has 3 aliphatic rings. The van der Waals surface area contributed by atoms with Crippen molar-refractivity contribution in [1.29, 1.82) is 0 Å². The van der Waals surface area contributed by atoms with Crippen LogP contribution < -0.4 is 70.4 Å². The number of aromatic hydroxyl groups is 1. The summed E-state index contributed by atoms with van der Waals surface area (Å²) in [6, 6.07) is -1.77. The number of phenolic OH excluding ortho intramolecular Hbond substituents is 1. The highest BCUT2D eigenvalue weighted by atomic mass is 32.2. The zero-order chi connectivity index (χ0) is 97.9. The summed E-state index contributed by atoms with van der Waals surface area (Å²) in [5, 5.41) is 60.8. The fraction of sp³-hybridized carbons (Fsp3) is 0.538. The maximum absolute atomic E-state index is 15.8. The summed E-state index contributed by atoms with van der Waals surface area (Å²) >= 11 is 0.782. The quantitative estimate of drug-likeness (QED) is 0.0283. The maximum atomic E-state index is 15.8. The van der Waals surface area contributed by atoms with Crippen molar-refractivity contribution < 1.29 is 96.8 Å². The van der Waals surface area contributed by atoms with Crippen LogP contribution in [-0.2, 0) is 114 Å². The first-order valence-electron chi connectivity index (χ1n) is 45.2. The minimum absolute atomic E-state index is 0.00302. The molecule has 15 atom stereocenters. The number of aromatic amines is 2. The third kappa shape index (κ3) is 28.3. The maximum Gasteiger partial charge on any atom is 0.246 e. The number of amides is 17. The van der Waals surface area contributed by atoms with Gasteiger partial charge >= 0.3 is 0 Å². The zero-order valence-electron chi connectivity index (χ0n) is 77.0. The predicted molar refractivity (Wildman–Crippen MR) is 494 cm³/mol. The van der Waals surface area contributed by atoms with E-state index >= 15 is 38.4 Å². The summed E-state index contributed by atoms with van der Waals surface area (Å²) in [5.74, 6) is -17.3. The van der Waals surface area contributed by atoms with Gasteiger partial charge in [-0.2, -0.15) is 0 Å². The number of primary amides is 2. The van der Waals surface area contributed by atoms with Crippen LogP contribution in [0.3, 0.4) is 0 Å². The van der Waals surface area contributed by atoms with Gasteiger partial charge in [0.15, 0.2) is 0 Å². The number of rotatable bonds is 25. The highest BCUT2D eigenvalue weighted by Crippen LogP contribution is 2.29. The molecule has 43 heteroatoms. The molecule has 0 radical (unpaired) electrons. The van der Waals surface area contributed by atoms with E-state index in [4.69, 9.17) is 17.2 Å². The van der Waals surface area contributed by atoms with Gasteiger partial charge in [0.1, 0.15) is 90.3 Å². The van der Waals surface area contributed by atoms with Gasteiger partial charge in [-0.15, -0.1) is 11.8 Å². The molecule has 3 fully saturated rings. The highest BCUT2D eigenvalue weighted by Gasteiger charge is 2.47. The van der Waals surface area contributed by atoms with Gasteiger partial charge in [0.05, 0.1) is 37.8 Å². The number of aliphatic hydroxyl groups is 2. The molecule has 0 bridgehead atoms. The van der Waals surface area contributed by atoms with Crippen LogP contribution >= 0.6 is 11.8 Å². The number of hydrogen-bond donors (Lipinski definition) is 18. The van der Waals surface area contributed by atoms with E-state index in [1.165, 1.54) is 69.8 Å². The van der Waals surface area contributed by atoms with Gasteiger partial charge in [0.25, 0.3) is 0 Å². The van der Waals surface area contributed by atoms with Crippen molar-refractivity contribution in [3.8, 4) is 5.75 Å². The standard InChI is InChI=1S/C91H128N22O20S/c1-10-12-24-71-84(126)100-61(23-18-32-92)80(122)107-69(79(121)97-43-76(94)118)47-134-48-77(119)99-65(35-52-28-30-56(115)31-29-52)87(129)109(7)51(5)78(120)103-67(40-75(93)117)89(131)112-33-19-27-72(112)85(127)102-63(38-55-42-95-49-98-55)82(124)104-64(34-50(3)4)90(132)113-45-57(116)39-74(113)86(128)101-62(36-53-41-96-60-22-16-14-20-58(53)60)81(123)106-68(46-114)83(125)105-66(37-54-44-108(6)70-26-17-15-21-59(54)70)88(130)111(9)73(25-13-11-2)91(133)110(71)8/h14-17,20-22,26,28-31,41-42,44,49-51,57,61-69,71-74,96,114-116H,10-13,18-19,23-25,27,32-40,43,45-48,92H2,1-9H3,(H2,93,117)(H2,94,118)(H,95,98)(H,97,121)(H,99,119)(H,100,126)(H,101,128)(H,102,127)(H,103,120)(H,104,124)(H,105,125)(H,106,123)(H,107,122)/t51-,57+,61-,62-,63-,64-,65-,66-,67-,68-,69-,71-,72-,73-,74-/m0/s1. The Morgan fingerprint density at radius 2 is 1.14 bits per heavy atom. The van der Waals surface area contributed by atoms with E-state index in [-0.39, 0.29) is 102 Å². The zero-order valence-corrected chi connectivity index (χ0v) is 77.8. The van der Waals surface area contributed by atoms with Crippen molar-refractivity contribution in [3.05, 3.63) is 120 Å². The molecule has 0 spiro atoms. The number of hydrogen-bond acceptors (Lipinski definition) is 23. The van der Waals surface area contributed by atoms with Crippen molar-refractivity contribution >= 4 is 134 Å². The van der Waals surface area contributed by atoms with Crippen molar-refractivity contribution in [3.63, 3.8) is 0 Å². The van der Waals surface area contributed by atoms with Crippen LogP contribution in [0.5, 0.6) is 5.75 Å². The van der Waals surface area contributed by atoms with Crippen molar-refractivity contribution in [2.45, 2.75) is 234 Å². The number of carbonyl (C=O) groups excluding carboxylic acids is 17. The number of H-pyrrole nitrogens is 2. The number of aliphatic hydroxyl groups excluding tert-OH is 2. The molecule has 0 saturated carbocycles. The van der Waals surface area contributed by atoms with Gasteiger partial charge in [-0.3, -0.25) is 81.5 Å². The Balaban J connectivity index is 1.10. The van der Waals surface area contributed by atoms with E-state index < -0.39 is 229 Å². The summed E-state index contributed by atoms with van der Waals surface area (Å²) in [4.78, 5) is 266. The first kappa shape index (κ1) is 105. The lowest BCUT2D eigenvalue weighted by molar-refractivity contribution is -0.149. The number of aryl methyl sites for hydroxylation is 1. The number of phenols is 1. The predicted octanol–water partition coefficient (Wildman–Crippen LogP) is -2.44. The number of likely N-dealkylation sites (N-methyl/N-ethyl adjacent to an activating group) is 3. The molecule has 0 aliphatic carbocycles. The lowest BCUT2D eigenvalue weighted by Gasteiger charge is -2.36. The van der Waals surface area contributed by atoms with E-state index in [1.807, 2.05) is 36.6 Å². The molecule has 3 aromatic carbocycles. The lowest BCUT2D eigenvalue weighted by atomic mass is 10.00. The Morgan fingerprint density at radius 1 is 0.567 bits per heavy atom. The monoisotopic (exact) mass is 1880 g/mol. The number of benzene rings is 3. The number of thioether (sulfide) groups is 1. The molecular weight excluding hydrogens is 1750 g/mol. The van der Waals surface area contributed by atoms with Crippen molar-refractivity contribution in [2.75, 3.05) is 65.4 Å².